The van der Waals surface area contributed by atoms with Crippen molar-refractivity contribution in [2.45, 2.75) is 38.4 Å². The van der Waals surface area contributed by atoms with E-state index in [0.29, 0.717) is 5.92 Å². The Labute approximate surface area is 125 Å². The lowest BCUT2D eigenvalue weighted by atomic mass is 10.1. The van der Waals surface area contributed by atoms with Crippen molar-refractivity contribution >= 4 is 17.8 Å². The van der Waals surface area contributed by atoms with Gasteiger partial charge in [-0.05, 0) is 16.9 Å². The summed E-state index contributed by atoms with van der Waals surface area (Å²) in [5.74, 6) is 2.28. The fraction of sp³-hybridized carbons (Fsp3) is 0.375. The van der Waals surface area contributed by atoms with Crippen LogP contribution in [0.5, 0.6) is 0 Å². The summed E-state index contributed by atoms with van der Waals surface area (Å²) in [6.07, 6.45) is 1.86. The van der Waals surface area contributed by atoms with Crippen LogP contribution in [0, 0.1) is 0 Å². The minimum atomic E-state index is 0.357. The number of aromatic nitrogens is 3. The zero-order valence-corrected chi connectivity index (χ0v) is 13.2. The van der Waals surface area contributed by atoms with Crippen molar-refractivity contribution in [3.05, 3.63) is 47.8 Å². The molecule has 0 saturated carbocycles. The van der Waals surface area contributed by atoms with E-state index in [0.717, 1.165) is 28.8 Å². The van der Waals surface area contributed by atoms with Crippen LogP contribution in [-0.2, 0) is 6.54 Å². The highest BCUT2D eigenvalue weighted by atomic mass is 32.2. The van der Waals surface area contributed by atoms with Crippen LogP contribution < -0.4 is 0 Å². The quantitative estimate of drug-likeness (QED) is 0.746. The third-order valence-corrected chi connectivity index (χ3v) is 3.84. The van der Waals surface area contributed by atoms with Gasteiger partial charge < -0.3 is 0 Å². The van der Waals surface area contributed by atoms with Crippen molar-refractivity contribution < 1.29 is 0 Å². The molecule has 0 amide bonds. The fourth-order valence-corrected chi connectivity index (χ4v) is 2.53. The van der Waals surface area contributed by atoms with Gasteiger partial charge >= 0.3 is 0 Å². The Kier molecular flexibility index (Phi) is 5.01. The molecule has 2 aromatic rings. The van der Waals surface area contributed by atoms with E-state index < -0.39 is 0 Å². The molecule has 0 aliphatic carbocycles. The minimum Gasteiger partial charge on any atom is -0.236 e. The maximum atomic E-state index is 4.63. The molecule has 0 N–H and O–H groups in total. The van der Waals surface area contributed by atoms with Crippen LogP contribution in [-0.4, -0.2) is 20.5 Å². The standard InChI is InChI=1S/C16H21N3S/c1-5-13-7-9-14(10-8-13)11-19-16(20-6-2)17-15(18-19)12(3)4/h5,7-10,12H,1,6,11H2,2-4H3. The molecule has 0 atom stereocenters. The van der Waals surface area contributed by atoms with Crippen LogP contribution in [0.3, 0.4) is 0 Å². The van der Waals surface area contributed by atoms with E-state index in [2.05, 4.69) is 61.7 Å². The molecule has 20 heavy (non-hydrogen) atoms. The van der Waals surface area contributed by atoms with E-state index in [1.165, 1.54) is 5.56 Å². The summed E-state index contributed by atoms with van der Waals surface area (Å²) in [5, 5.41) is 5.63. The SMILES string of the molecule is C=Cc1ccc(Cn2nc(C(C)C)nc2SCC)cc1. The highest BCUT2D eigenvalue weighted by Gasteiger charge is 2.12. The summed E-state index contributed by atoms with van der Waals surface area (Å²) < 4.78 is 2.01. The zero-order chi connectivity index (χ0) is 14.5. The summed E-state index contributed by atoms with van der Waals surface area (Å²) >= 11 is 1.74. The Balaban J connectivity index is 2.23. The molecule has 1 aromatic heterocycles. The Morgan fingerprint density at radius 1 is 1.30 bits per heavy atom. The summed E-state index contributed by atoms with van der Waals surface area (Å²) in [7, 11) is 0. The molecule has 106 valence electrons. The van der Waals surface area contributed by atoms with Crippen LogP contribution in [0.15, 0.2) is 36.0 Å². The number of hydrogen-bond acceptors (Lipinski definition) is 3. The van der Waals surface area contributed by atoms with Crippen LogP contribution in [0.1, 0.15) is 43.6 Å². The summed E-state index contributed by atoms with van der Waals surface area (Å²) in [5.41, 5.74) is 2.37. The number of nitrogens with zero attached hydrogens (tertiary/aromatic N) is 3. The van der Waals surface area contributed by atoms with E-state index in [1.54, 1.807) is 11.8 Å². The number of rotatable bonds is 6. The lowest BCUT2D eigenvalue weighted by molar-refractivity contribution is 0.609. The predicted molar refractivity (Wildman–Crippen MR) is 86.1 cm³/mol. The first-order valence-corrected chi connectivity index (χ1v) is 7.91. The van der Waals surface area contributed by atoms with Crippen molar-refractivity contribution in [2.75, 3.05) is 5.75 Å². The molecule has 4 heteroatoms. The lowest BCUT2D eigenvalue weighted by Gasteiger charge is -2.05. The monoisotopic (exact) mass is 287 g/mol. The van der Waals surface area contributed by atoms with E-state index in [1.807, 2.05) is 10.8 Å². The Hall–Kier alpha value is -1.55. The van der Waals surface area contributed by atoms with Gasteiger partial charge in [-0.1, -0.05) is 69.5 Å². The molecule has 0 spiro atoms. The topological polar surface area (TPSA) is 30.7 Å². The average Bonchev–Trinajstić information content (AvgIpc) is 2.83. The van der Waals surface area contributed by atoms with E-state index >= 15 is 0 Å². The van der Waals surface area contributed by atoms with Crippen molar-refractivity contribution in [3.8, 4) is 0 Å². The maximum Gasteiger partial charge on any atom is 0.186 e. The van der Waals surface area contributed by atoms with Crippen LogP contribution in [0.2, 0.25) is 0 Å². The normalized spacial score (nSPS) is 11.0. The van der Waals surface area contributed by atoms with Gasteiger partial charge in [0.1, 0.15) is 0 Å². The number of benzene rings is 1. The second-order valence-corrected chi connectivity index (χ2v) is 6.17. The molecule has 2 rings (SSSR count). The molecule has 0 radical (unpaired) electrons. The Morgan fingerprint density at radius 3 is 2.55 bits per heavy atom. The van der Waals surface area contributed by atoms with Crippen molar-refractivity contribution in [2.24, 2.45) is 0 Å². The van der Waals surface area contributed by atoms with Crippen LogP contribution in [0.25, 0.3) is 6.08 Å². The maximum absolute atomic E-state index is 4.63. The molecule has 1 aromatic carbocycles. The van der Waals surface area contributed by atoms with Crippen molar-refractivity contribution in [3.63, 3.8) is 0 Å². The van der Waals surface area contributed by atoms with Gasteiger partial charge in [-0.2, -0.15) is 5.10 Å². The van der Waals surface area contributed by atoms with E-state index in [-0.39, 0.29) is 0 Å². The van der Waals surface area contributed by atoms with Gasteiger partial charge in [-0.15, -0.1) is 0 Å². The molecule has 3 nitrogen and oxygen atoms in total. The molecule has 0 aliphatic rings. The van der Waals surface area contributed by atoms with Gasteiger partial charge in [0.15, 0.2) is 11.0 Å². The second kappa shape index (κ2) is 6.75. The first-order valence-electron chi connectivity index (χ1n) is 6.93. The van der Waals surface area contributed by atoms with Crippen LogP contribution >= 0.6 is 11.8 Å². The summed E-state index contributed by atoms with van der Waals surface area (Å²) in [6.45, 7) is 10.9. The number of hydrogen-bond donors (Lipinski definition) is 0. The molecule has 0 unspecified atom stereocenters. The lowest BCUT2D eigenvalue weighted by Crippen LogP contribution is -2.04. The highest BCUT2D eigenvalue weighted by molar-refractivity contribution is 7.99. The van der Waals surface area contributed by atoms with E-state index in [4.69, 9.17) is 0 Å². The molecule has 0 fully saturated rings. The molecule has 0 aliphatic heterocycles. The highest BCUT2D eigenvalue weighted by Crippen LogP contribution is 2.20. The largest absolute Gasteiger partial charge is 0.236 e. The predicted octanol–water partition coefficient (Wildman–Crippen LogP) is 4.20. The third-order valence-electron chi connectivity index (χ3n) is 2.99. The number of thioether (sulfide) groups is 1. The summed E-state index contributed by atoms with van der Waals surface area (Å²) in [4.78, 5) is 4.63. The van der Waals surface area contributed by atoms with E-state index in [9.17, 15) is 0 Å². The molecule has 0 bridgehead atoms. The molecule has 0 saturated heterocycles. The van der Waals surface area contributed by atoms with Crippen molar-refractivity contribution in [1.82, 2.24) is 14.8 Å². The van der Waals surface area contributed by atoms with Gasteiger partial charge in [0.25, 0.3) is 0 Å². The summed E-state index contributed by atoms with van der Waals surface area (Å²) in [6, 6.07) is 8.40. The third kappa shape index (κ3) is 3.51. The minimum absolute atomic E-state index is 0.357. The van der Waals surface area contributed by atoms with Crippen molar-refractivity contribution in [1.29, 1.82) is 0 Å². The van der Waals surface area contributed by atoms with Crippen LogP contribution in [0.4, 0.5) is 0 Å². The first-order chi connectivity index (χ1) is 9.63. The first kappa shape index (κ1) is 14.9. The molecule has 1 heterocycles. The molecular weight excluding hydrogens is 266 g/mol. The smallest absolute Gasteiger partial charge is 0.186 e. The Bertz CT molecular complexity index is 570. The second-order valence-electron chi connectivity index (χ2n) is 4.94. The zero-order valence-electron chi connectivity index (χ0n) is 12.3. The van der Waals surface area contributed by atoms with Gasteiger partial charge in [0, 0.05) is 5.92 Å². The van der Waals surface area contributed by atoms with Gasteiger partial charge in [-0.25, -0.2) is 9.67 Å². The fourth-order valence-electron chi connectivity index (χ4n) is 1.86. The van der Waals surface area contributed by atoms with Gasteiger partial charge in [0.2, 0.25) is 0 Å². The molecular formula is C16H21N3S. The Morgan fingerprint density at radius 2 is 2.00 bits per heavy atom. The van der Waals surface area contributed by atoms with Gasteiger partial charge in [-0.3, -0.25) is 0 Å². The van der Waals surface area contributed by atoms with Gasteiger partial charge in [0.05, 0.1) is 6.54 Å². The average molecular weight is 287 g/mol.